The first-order valence-electron chi connectivity index (χ1n) is 9.34. The molecule has 5 heteroatoms. The Balaban J connectivity index is 1.93. The third kappa shape index (κ3) is 5.63. The molecular formula is C20H31NO4. The molecule has 0 heterocycles. The van der Waals surface area contributed by atoms with Gasteiger partial charge in [0.05, 0.1) is 19.6 Å². The Bertz CT molecular complexity index is 553. The van der Waals surface area contributed by atoms with Gasteiger partial charge in [-0.05, 0) is 56.7 Å². The van der Waals surface area contributed by atoms with Gasteiger partial charge in [0.1, 0.15) is 0 Å². The first-order chi connectivity index (χ1) is 12.0. The van der Waals surface area contributed by atoms with Gasteiger partial charge in [-0.2, -0.15) is 0 Å². The molecule has 0 aliphatic heterocycles. The van der Waals surface area contributed by atoms with Gasteiger partial charge in [-0.1, -0.05) is 19.4 Å². The highest BCUT2D eigenvalue weighted by molar-refractivity contribution is 5.70. The number of ether oxygens (including phenoxy) is 2. The Morgan fingerprint density at radius 2 is 2.00 bits per heavy atom. The molecule has 1 aromatic carbocycles. The first kappa shape index (κ1) is 19.6. The molecule has 2 rings (SSSR count). The van der Waals surface area contributed by atoms with Gasteiger partial charge in [0.15, 0.2) is 11.5 Å². The third-order valence-corrected chi connectivity index (χ3v) is 5.01. The van der Waals surface area contributed by atoms with Gasteiger partial charge in [-0.25, -0.2) is 0 Å². The molecule has 1 fully saturated rings. The zero-order chi connectivity index (χ0) is 18.2. The van der Waals surface area contributed by atoms with Crippen LogP contribution in [0.3, 0.4) is 0 Å². The molecule has 0 spiro atoms. The highest BCUT2D eigenvalue weighted by Gasteiger charge is 2.26. The van der Waals surface area contributed by atoms with Crippen LogP contribution in [-0.2, 0) is 4.79 Å². The predicted molar refractivity (Wildman–Crippen MR) is 98.3 cm³/mol. The summed E-state index contributed by atoms with van der Waals surface area (Å²) in [6, 6.07) is 6.64. The normalized spacial score (nSPS) is 21.6. The first-order valence-corrected chi connectivity index (χ1v) is 9.34. The van der Waals surface area contributed by atoms with Crippen LogP contribution in [0.5, 0.6) is 11.5 Å². The van der Waals surface area contributed by atoms with Gasteiger partial charge in [-0.3, -0.25) is 4.79 Å². The standard InChI is InChI=1S/C20H31NO4/c1-4-5-12-25-18-11-8-16(13-19(18)24-3)14(2)21-17-9-6-15(7-10-17)20(22)23/h8,11,13-15,17,21H,4-7,9-10,12H2,1-3H3,(H,22,23). The van der Waals surface area contributed by atoms with Crippen molar-refractivity contribution in [2.75, 3.05) is 13.7 Å². The number of hydrogen-bond donors (Lipinski definition) is 2. The number of methoxy groups -OCH3 is 1. The summed E-state index contributed by atoms with van der Waals surface area (Å²) in [5, 5.41) is 12.7. The van der Waals surface area contributed by atoms with Crippen molar-refractivity contribution in [2.45, 2.75) is 64.5 Å². The monoisotopic (exact) mass is 349 g/mol. The molecule has 25 heavy (non-hydrogen) atoms. The molecule has 2 N–H and O–H groups in total. The number of unbranched alkanes of at least 4 members (excludes halogenated alkanes) is 1. The second-order valence-electron chi connectivity index (χ2n) is 6.89. The van der Waals surface area contributed by atoms with E-state index in [-0.39, 0.29) is 12.0 Å². The Morgan fingerprint density at radius 1 is 1.28 bits per heavy atom. The number of aliphatic carboxylic acids is 1. The molecule has 0 aromatic heterocycles. The number of benzene rings is 1. The smallest absolute Gasteiger partial charge is 0.306 e. The molecule has 1 aliphatic carbocycles. The largest absolute Gasteiger partial charge is 0.493 e. The second kappa shape index (κ2) is 9.66. The summed E-state index contributed by atoms with van der Waals surface area (Å²) in [5.74, 6) is 0.716. The van der Waals surface area contributed by atoms with Gasteiger partial charge in [0, 0.05) is 12.1 Å². The predicted octanol–water partition coefficient (Wildman–Crippen LogP) is 4.17. The zero-order valence-electron chi connectivity index (χ0n) is 15.6. The maximum absolute atomic E-state index is 11.1. The molecule has 1 aliphatic rings. The summed E-state index contributed by atoms with van der Waals surface area (Å²) in [4.78, 5) is 11.1. The SMILES string of the molecule is CCCCOc1ccc(C(C)NC2CCC(C(=O)O)CC2)cc1OC. The van der Waals surface area contributed by atoms with E-state index in [0.717, 1.165) is 55.6 Å². The lowest BCUT2D eigenvalue weighted by molar-refractivity contribution is -0.142. The number of rotatable bonds is 9. The van der Waals surface area contributed by atoms with Crippen molar-refractivity contribution in [3.05, 3.63) is 23.8 Å². The van der Waals surface area contributed by atoms with E-state index in [0.29, 0.717) is 12.6 Å². The minimum Gasteiger partial charge on any atom is -0.493 e. The maximum Gasteiger partial charge on any atom is 0.306 e. The fraction of sp³-hybridized carbons (Fsp3) is 0.650. The average Bonchev–Trinajstić information content (AvgIpc) is 2.62. The quantitative estimate of drug-likeness (QED) is 0.655. The van der Waals surface area contributed by atoms with Crippen LogP contribution in [0.1, 0.15) is 64.0 Å². The van der Waals surface area contributed by atoms with Crippen LogP contribution >= 0.6 is 0 Å². The molecule has 1 saturated carbocycles. The van der Waals surface area contributed by atoms with Crippen LogP contribution in [0, 0.1) is 5.92 Å². The lowest BCUT2D eigenvalue weighted by Gasteiger charge is -2.30. The molecule has 140 valence electrons. The van der Waals surface area contributed by atoms with Crippen molar-refractivity contribution in [2.24, 2.45) is 5.92 Å². The van der Waals surface area contributed by atoms with E-state index in [9.17, 15) is 4.79 Å². The third-order valence-electron chi connectivity index (χ3n) is 5.01. The Morgan fingerprint density at radius 3 is 2.60 bits per heavy atom. The summed E-state index contributed by atoms with van der Waals surface area (Å²) >= 11 is 0. The molecular weight excluding hydrogens is 318 g/mol. The van der Waals surface area contributed by atoms with E-state index in [1.807, 2.05) is 12.1 Å². The van der Waals surface area contributed by atoms with Gasteiger partial charge in [-0.15, -0.1) is 0 Å². The van der Waals surface area contributed by atoms with Gasteiger partial charge >= 0.3 is 5.97 Å². The minimum absolute atomic E-state index is 0.173. The fourth-order valence-corrected chi connectivity index (χ4v) is 3.36. The van der Waals surface area contributed by atoms with Crippen molar-refractivity contribution < 1.29 is 19.4 Å². The maximum atomic E-state index is 11.1. The second-order valence-corrected chi connectivity index (χ2v) is 6.89. The molecule has 0 saturated heterocycles. The number of nitrogens with one attached hydrogen (secondary N) is 1. The molecule has 0 amide bonds. The summed E-state index contributed by atoms with van der Waals surface area (Å²) in [6.45, 7) is 4.98. The van der Waals surface area contributed by atoms with Crippen molar-refractivity contribution in [1.82, 2.24) is 5.32 Å². The molecule has 0 bridgehead atoms. The van der Waals surface area contributed by atoms with E-state index < -0.39 is 5.97 Å². The topological polar surface area (TPSA) is 67.8 Å². The molecule has 1 unspecified atom stereocenters. The summed E-state index contributed by atoms with van der Waals surface area (Å²) in [6.07, 6.45) is 5.47. The number of hydrogen-bond acceptors (Lipinski definition) is 4. The van der Waals surface area contributed by atoms with E-state index >= 15 is 0 Å². The lowest BCUT2D eigenvalue weighted by Crippen LogP contribution is -2.36. The minimum atomic E-state index is -0.658. The lowest BCUT2D eigenvalue weighted by atomic mass is 9.85. The molecule has 1 aromatic rings. The van der Waals surface area contributed by atoms with Crippen LogP contribution in [0.4, 0.5) is 0 Å². The van der Waals surface area contributed by atoms with Gasteiger partial charge in [0.2, 0.25) is 0 Å². The zero-order valence-corrected chi connectivity index (χ0v) is 15.6. The van der Waals surface area contributed by atoms with E-state index in [4.69, 9.17) is 14.6 Å². The van der Waals surface area contributed by atoms with E-state index in [2.05, 4.69) is 25.2 Å². The van der Waals surface area contributed by atoms with E-state index in [1.165, 1.54) is 0 Å². The van der Waals surface area contributed by atoms with Crippen LogP contribution in [0.25, 0.3) is 0 Å². The van der Waals surface area contributed by atoms with Crippen LogP contribution in [-0.4, -0.2) is 30.8 Å². The van der Waals surface area contributed by atoms with Crippen LogP contribution in [0.15, 0.2) is 18.2 Å². The van der Waals surface area contributed by atoms with Crippen molar-refractivity contribution >= 4 is 5.97 Å². The Kier molecular flexibility index (Phi) is 7.56. The van der Waals surface area contributed by atoms with Gasteiger partial charge < -0.3 is 19.9 Å². The van der Waals surface area contributed by atoms with Crippen molar-refractivity contribution in [3.63, 3.8) is 0 Å². The van der Waals surface area contributed by atoms with Crippen LogP contribution in [0.2, 0.25) is 0 Å². The van der Waals surface area contributed by atoms with E-state index in [1.54, 1.807) is 7.11 Å². The summed E-state index contributed by atoms with van der Waals surface area (Å²) in [7, 11) is 1.66. The Hall–Kier alpha value is -1.75. The number of carbonyl (C=O) groups is 1. The van der Waals surface area contributed by atoms with Crippen molar-refractivity contribution in [1.29, 1.82) is 0 Å². The molecule has 1 atom stereocenters. The highest BCUT2D eigenvalue weighted by Crippen LogP contribution is 2.32. The van der Waals surface area contributed by atoms with Crippen molar-refractivity contribution in [3.8, 4) is 11.5 Å². The number of carboxylic acid groups (broad SMARTS) is 1. The fourth-order valence-electron chi connectivity index (χ4n) is 3.36. The number of carboxylic acids is 1. The average molecular weight is 349 g/mol. The van der Waals surface area contributed by atoms with Crippen LogP contribution < -0.4 is 14.8 Å². The van der Waals surface area contributed by atoms with Gasteiger partial charge in [0.25, 0.3) is 0 Å². The Labute approximate surface area is 150 Å². The summed E-state index contributed by atoms with van der Waals surface area (Å²) < 4.78 is 11.3. The summed E-state index contributed by atoms with van der Waals surface area (Å²) in [5.41, 5.74) is 1.15. The molecule has 0 radical (unpaired) electrons. The highest BCUT2D eigenvalue weighted by atomic mass is 16.5. The molecule has 5 nitrogen and oxygen atoms in total.